The number of carbonyl (C=O) groups excluding carboxylic acids is 2. The number of hydrogen-bond acceptors (Lipinski definition) is 3. The maximum Gasteiger partial charge on any atom is 0.242 e. The van der Waals surface area contributed by atoms with Crippen LogP contribution in [0.5, 0.6) is 5.75 Å². The van der Waals surface area contributed by atoms with Gasteiger partial charge in [-0.2, -0.15) is 0 Å². The van der Waals surface area contributed by atoms with Crippen molar-refractivity contribution in [2.24, 2.45) is 0 Å². The molecule has 0 atom stereocenters. The molecule has 1 aliphatic heterocycles. The number of phenolic OH excluding ortho intramolecular Hbond substituents is 1. The molecule has 2 rings (SSSR count). The van der Waals surface area contributed by atoms with Crippen molar-refractivity contribution in [1.82, 2.24) is 9.80 Å². The number of carbonyl (C=O) groups is 2. The van der Waals surface area contributed by atoms with Crippen LogP contribution in [0.25, 0.3) is 0 Å². The molecule has 1 aromatic carbocycles. The molecule has 1 N–H and O–H groups in total. The third-order valence-electron chi connectivity index (χ3n) is 3.71. The minimum atomic E-state index is 0.0281. The Kier molecular flexibility index (Phi) is 8.93. The van der Waals surface area contributed by atoms with Crippen molar-refractivity contribution < 1.29 is 14.7 Å². The van der Waals surface area contributed by atoms with Crippen LogP contribution < -0.4 is 0 Å². The quantitative estimate of drug-likeness (QED) is 0.879. The van der Waals surface area contributed by atoms with E-state index in [2.05, 4.69) is 0 Å². The predicted octanol–water partition coefficient (Wildman–Crippen LogP) is 3.57. The topological polar surface area (TPSA) is 60.9 Å². The van der Waals surface area contributed by atoms with Crippen LogP contribution in [0, 0.1) is 0 Å². The number of likely N-dealkylation sites (tertiary alicyclic amines) is 1. The van der Waals surface area contributed by atoms with Gasteiger partial charge >= 0.3 is 0 Å². The minimum absolute atomic E-state index is 0.0281. The summed E-state index contributed by atoms with van der Waals surface area (Å²) in [4.78, 5) is 26.4. The SMILES string of the molecule is CCC(=O)N(C)CC(=O)N1CCCCC1.Oc1ccc(Cl)c(Cl)c1. The number of rotatable bonds is 3. The van der Waals surface area contributed by atoms with Crippen LogP contribution in [0.4, 0.5) is 0 Å². The van der Waals surface area contributed by atoms with Crippen molar-refractivity contribution in [2.45, 2.75) is 32.6 Å². The summed E-state index contributed by atoms with van der Waals surface area (Å²) in [5, 5.41) is 9.62. The number of phenols is 1. The highest BCUT2D eigenvalue weighted by Gasteiger charge is 2.19. The second-order valence-corrected chi connectivity index (χ2v) is 6.46. The molecule has 1 fully saturated rings. The molecule has 7 heteroatoms. The first kappa shape index (κ1) is 20.6. The number of hydrogen-bond donors (Lipinski definition) is 1. The van der Waals surface area contributed by atoms with Gasteiger partial charge in [0.15, 0.2) is 0 Å². The van der Waals surface area contributed by atoms with Gasteiger partial charge in [-0.15, -0.1) is 0 Å². The second kappa shape index (κ2) is 10.4. The molecule has 0 aliphatic carbocycles. The Hall–Kier alpha value is -1.46. The number of halogens is 2. The van der Waals surface area contributed by atoms with Crippen LogP contribution in [0.15, 0.2) is 18.2 Å². The molecule has 1 saturated heterocycles. The van der Waals surface area contributed by atoms with Gasteiger partial charge in [0.2, 0.25) is 11.8 Å². The average Bonchev–Trinajstić information content (AvgIpc) is 2.59. The van der Waals surface area contributed by atoms with Crippen LogP contribution >= 0.6 is 23.2 Å². The van der Waals surface area contributed by atoms with Crippen LogP contribution in [-0.2, 0) is 9.59 Å². The summed E-state index contributed by atoms with van der Waals surface area (Å²) < 4.78 is 0. The van der Waals surface area contributed by atoms with Crippen molar-refractivity contribution in [3.05, 3.63) is 28.2 Å². The third-order valence-corrected chi connectivity index (χ3v) is 4.45. The highest BCUT2D eigenvalue weighted by molar-refractivity contribution is 6.42. The standard InChI is InChI=1S/C11H20N2O2.C6H4Cl2O/c1-3-10(14)12(2)9-11(15)13-7-5-4-6-8-13;7-5-2-1-4(9)3-6(5)8/h3-9H2,1-2H3;1-3,9H. The molecule has 0 saturated carbocycles. The molecule has 134 valence electrons. The van der Waals surface area contributed by atoms with E-state index < -0.39 is 0 Å². The number of benzene rings is 1. The van der Waals surface area contributed by atoms with Gasteiger partial charge in [-0.1, -0.05) is 30.1 Å². The smallest absolute Gasteiger partial charge is 0.242 e. The number of likely N-dealkylation sites (N-methyl/N-ethyl adjacent to an activating group) is 1. The van der Waals surface area contributed by atoms with Crippen molar-refractivity contribution in [3.8, 4) is 5.75 Å². The Labute approximate surface area is 153 Å². The molecular weight excluding hydrogens is 351 g/mol. The molecule has 0 aromatic heterocycles. The first-order chi connectivity index (χ1) is 11.3. The molecule has 1 aromatic rings. The average molecular weight is 375 g/mol. The lowest BCUT2D eigenvalue weighted by atomic mass is 10.1. The lowest BCUT2D eigenvalue weighted by Gasteiger charge is -2.28. The summed E-state index contributed by atoms with van der Waals surface area (Å²) in [6, 6.07) is 4.41. The Morgan fingerprint density at radius 1 is 1.17 bits per heavy atom. The van der Waals surface area contributed by atoms with E-state index in [0.29, 0.717) is 16.5 Å². The Morgan fingerprint density at radius 2 is 1.79 bits per heavy atom. The molecule has 1 aliphatic rings. The van der Waals surface area contributed by atoms with Gasteiger partial charge in [-0.25, -0.2) is 0 Å². The van der Waals surface area contributed by atoms with Crippen LogP contribution in [0.2, 0.25) is 10.0 Å². The summed E-state index contributed by atoms with van der Waals surface area (Å²) in [5.41, 5.74) is 0. The second-order valence-electron chi connectivity index (χ2n) is 5.64. The number of amides is 2. The molecular formula is C17H24Cl2N2O3. The van der Waals surface area contributed by atoms with Crippen molar-refractivity contribution in [2.75, 3.05) is 26.7 Å². The third kappa shape index (κ3) is 6.97. The fourth-order valence-corrected chi connectivity index (χ4v) is 2.58. The lowest BCUT2D eigenvalue weighted by molar-refractivity contribution is -0.139. The zero-order valence-corrected chi connectivity index (χ0v) is 15.6. The van der Waals surface area contributed by atoms with Gasteiger partial charge in [0, 0.05) is 26.6 Å². The fourth-order valence-electron chi connectivity index (χ4n) is 2.29. The number of nitrogens with zero attached hydrogens (tertiary/aromatic N) is 2. The maximum absolute atomic E-state index is 11.8. The van der Waals surface area contributed by atoms with Crippen LogP contribution in [0.1, 0.15) is 32.6 Å². The van der Waals surface area contributed by atoms with E-state index in [-0.39, 0.29) is 24.1 Å². The highest BCUT2D eigenvalue weighted by atomic mass is 35.5. The van der Waals surface area contributed by atoms with E-state index in [4.69, 9.17) is 28.3 Å². The van der Waals surface area contributed by atoms with E-state index in [9.17, 15) is 9.59 Å². The van der Waals surface area contributed by atoms with E-state index in [1.807, 2.05) is 11.8 Å². The van der Waals surface area contributed by atoms with Gasteiger partial charge < -0.3 is 14.9 Å². The molecule has 24 heavy (non-hydrogen) atoms. The van der Waals surface area contributed by atoms with Gasteiger partial charge in [-0.3, -0.25) is 9.59 Å². The summed E-state index contributed by atoms with van der Waals surface area (Å²) in [6.07, 6.45) is 3.87. The van der Waals surface area contributed by atoms with Gasteiger partial charge in [-0.05, 0) is 37.5 Å². The van der Waals surface area contributed by atoms with E-state index in [1.165, 1.54) is 23.5 Å². The maximum atomic E-state index is 11.8. The van der Waals surface area contributed by atoms with Crippen LogP contribution in [0.3, 0.4) is 0 Å². The van der Waals surface area contributed by atoms with E-state index in [0.717, 1.165) is 25.9 Å². The summed E-state index contributed by atoms with van der Waals surface area (Å²) in [7, 11) is 1.69. The van der Waals surface area contributed by atoms with Gasteiger partial charge in [0.25, 0.3) is 0 Å². The van der Waals surface area contributed by atoms with E-state index in [1.54, 1.807) is 13.1 Å². The lowest BCUT2D eigenvalue weighted by Crippen LogP contribution is -2.43. The largest absolute Gasteiger partial charge is 0.508 e. The molecule has 5 nitrogen and oxygen atoms in total. The van der Waals surface area contributed by atoms with Crippen LogP contribution in [-0.4, -0.2) is 53.4 Å². The fraction of sp³-hybridized carbons (Fsp3) is 0.529. The normalized spacial score (nSPS) is 13.8. The first-order valence-electron chi connectivity index (χ1n) is 8.01. The molecule has 0 radical (unpaired) electrons. The minimum Gasteiger partial charge on any atom is -0.508 e. The predicted molar refractivity (Wildman–Crippen MR) is 96.5 cm³/mol. The van der Waals surface area contributed by atoms with Gasteiger partial charge in [0.1, 0.15) is 5.75 Å². The number of piperidine rings is 1. The summed E-state index contributed by atoms with van der Waals surface area (Å²) in [5.74, 6) is 0.240. The van der Waals surface area contributed by atoms with Crippen molar-refractivity contribution in [3.63, 3.8) is 0 Å². The van der Waals surface area contributed by atoms with Crippen molar-refractivity contribution >= 4 is 35.0 Å². The Balaban J connectivity index is 0.000000272. The van der Waals surface area contributed by atoms with E-state index >= 15 is 0 Å². The Morgan fingerprint density at radius 3 is 2.29 bits per heavy atom. The molecule has 0 spiro atoms. The molecule has 1 heterocycles. The molecule has 0 bridgehead atoms. The summed E-state index contributed by atoms with van der Waals surface area (Å²) in [6.45, 7) is 3.75. The zero-order chi connectivity index (χ0) is 18.1. The zero-order valence-electron chi connectivity index (χ0n) is 14.1. The molecule has 2 amide bonds. The Bertz CT molecular complexity index is 561. The first-order valence-corrected chi connectivity index (χ1v) is 8.76. The highest BCUT2D eigenvalue weighted by Crippen LogP contribution is 2.25. The molecule has 0 unspecified atom stereocenters. The van der Waals surface area contributed by atoms with Crippen molar-refractivity contribution in [1.29, 1.82) is 0 Å². The van der Waals surface area contributed by atoms with Gasteiger partial charge in [0.05, 0.1) is 16.6 Å². The number of aromatic hydroxyl groups is 1. The summed E-state index contributed by atoms with van der Waals surface area (Å²) >= 11 is 11.1. The monoisotopic (exact) mass is 374 g/mol.